The molecule has 1 spiro atoms. The summed E-state index contributed by atoms with van der Waals surface area (Å²) < 4.78 is 6.17. The van der Waals surface area contributed by atoms with Gasteiger partial charge in [0.05, 0.1) is 5.60 Å². The van der Waals surface area contributed by atoms with Crippen LogP contribution in [-0.4, -0.2) is 47.1 Å². The highest BCUT2D eigenvalue weighted by Gasteiger charge is 2.46. The van der Waals surface area contributed by atoms with Crippen molar-refractivity contribution in [2.75, 3.05) is 25.0 Å². The number of aromatic nitrogens is 1. The number of pyridine rings is 1. The van der Waals surface area contributed by atoms with Gasteiger partial charge in [0.2, 0.25) is 5.91 Å². The maximum Gasteiger partial charge on any atom is 0.225 e. The molecule has 1 N–H and O–H groups in total. The van der Waals surface area contributed by atoms with Crippen LogP contribution in [0.3, 0.4) is 0 Å². The van der Waals surface area contributed by atoms with Crippen LogP contribution in [0.15, 0.2) is 24.4 Å². The second kappa shape index (κ2) is 6.36. The largest absolute Gasteiger partial charge is 0.373 e. The van der Waals surface area contributed by atoms with E-state index in [2.05, 4.69) is 22.1 Å². The van der Waals surface area contributed by atoms with Gasteiger partial charge in [-0.3, -0.25) is 4.79 Å². The van der Waals surface area contributed by atoms with Crippen molar-refractivity contribution in [1.29, 1.82) is 0 Å². The van der Waals surface area contributed by atoms with E-state index < -0.39 is 0 Å². The zero-order valence-corrected chi connectivity index (χ0v) is 14.4. The Hall–Kier alpha value is -1.62. The molecule has 1 aromatic heterocycles. The summed E-state index contributed by atoms with van der Waals surface area (Å²) in [6.07, 6.45) is 6.84. The van der Waals surface area contributed by atoms with Crippen LogP contribution < -0.4 is 5.32 Å². The molecule has 0 bridgehead atoms. The third kappa shape index (κ3) is 3.14. The number of amides is 1. The van der Waals surface area contributed by atoms with E-state index in [4.69, 9.17) is 4.74 Å². The quantitative estimate of drug-likeness (QED) is 0.926. The number of rotatable bonds is 3. The summed E-state index contributed by atoms with van der Waals surface area (Å²) in [5.74, 6) is 2.26. The average Bonchev–Trinajstić information content (AvgIpc) is 2.96. The summed E-state index contributed by atoms with van der Waals surface area (Å²) in [4.78, 5) is 19.0. The first kappa shape index (κ1) is 15.9. The van der Waals surface area contributed by atoms with Crippen LogP contribution in [0.5, 0.6) is 0 Å². The number of likely N-dealkylation sites (tertiary alicyclic amines) is 1. The molecule has 2 atom stereocenters. The average molecular weight is 329 g/mol. The van der Waals surface area contributed by atoms with Crippen molar-refractivity contribution in [3.05, 3.63) is 24.4 Å². The first-order valence-electron chi connectivity index (χ1n) is 9.24. The molecule has 4 rings (SSSR count). The second-order valence-electron chi connectivity index (χ2n) is 7.86. The molecule has 1 aliphatic carbocycles. The van der Waals surface area contributed by atoms with Crippen LogP contribution in [-0.2, 0) is 9.53 Å². The van der Waals surface area contributed by atoms with E-state index in [0.29, 0.717) is 17.9 Å². The van der Waals surface area contributed by atoms with Crippen molar-refractivity contribution in [3.8, 4) is 0 Å². The lowest BCUT2D eigenvalue weighted by Crippen LogP contribution is -2.48. The highest BCUT2D eigenvalue weighted by Crippen LogP contribution is 2.39. The molecular formula is C19H27N3O2. The maximum atomic E-state index is 12.6. The molecule has 3 fully saturated rings. The fourth-order valence-electron chi connectivity index (χ4n) is 4.49. The standard InChI is InChI=1S/C19H27N3O2/c1-14-10-15(11-14)18(23)22-8-6-19(13-22)12-16(5-9-24-19)21-17-4-2-3-7-20-17/h2-4,7,14-16H,5-6,8-13H2,1H3,(H,20,21)/t14?,15?,16-,19-/m1/s1. The summed E-state index contributed by atoms with van der Waals surface area (Å²) in [7, 11) is 0. The van der Waals surface area contributed by atoms with E-state index in [-0.39, 0.29) is 11.5 Å². The Kier molecular flexibility index (Phi) is 4.21. The van der Waals surface area contributed by atoms with E-state index in [1.165, 1.54) is 0 Å². The third-order valence-electron chi connectivity index (χ3n) is 5.86. The molecule has 1 amide bonds. The zero-order valence-electron chi connectivity index (χ0n) is 14.4. The summed E-state index contributed by atoms with van der Waals surface area (Å²) in [5, 5.41) is 3.53. The summed E-state index contributed by atoms with van der Waals surface area (Å²) in [6.45, 7) is 4.59. The second-order valence-corrected chi connectivity index (χ2v) is 7.86. The van der Waals surface area contributed by atoms with Crippen molar-refractivity contribution in [2.45, 2.75) is 50.7 Å². The van der Waals surface area contributed by atoms with Crippen LogP contribution in [0.2, 0.25) is 0 Å². The molecule has 2 saturated heterocycles. The molecule has 3 aliphatic rings. The SMILES string of the molecule is CC1CC(C(=O)N2CC[C@@]3(C[C@H](Nc4ccccn4)CCO3)C2)C1. The Labute approximate surface area is 143 Å². The fraction of sp³-hybridized carbons (Fsp3) is 0.684. The van der Waals surface area contributed by atoms with Gasteiger partial charge >= 0.3 is 0 Å². The minimum absolute atomic E-state index is 0.157. The van der Waals surface area contributed by atoms with Crippen LogP contribution in [0.1, 0.15) is 39.0 Å². The van der Waals surface area contributed by atoms with Gasteiger partial charge in [-0.25, -0.2) is 4.98 Å². The molecule has 130 valence electrons. The molecule has 2 aliphatic heterocycles. The highest BCUT2D eigenvalue weighted by molar-refractivity contribution is 5.80. The molecule has 1 saturated carbocycles. The monoisotopic (exact) mass is 329 g/mol. The minimum Gasteiger partial charge on any atom is -0.373 e. The number of hydrogen-bond donors (Lipinski definition) is 1. The van der Waals surface area contributed by atoms with Crippen molar-refractivity contribution in [3.63, 3.8) is 0 Å². The molecule has 3 heterocycles. The smallest absolute Gasteiger partial charge is 0.225 e. The van der Waals surface area contributed by atoms with Gasteiger partial charge in [0.25, 0.3) is 0 Å². The number of ether oxygens (including phenoxy) is 1. The Morgan fingerprint density at radius 3 is 3.04 bits per heavy atom. The van der Waals surface area contributed by atoms with Gasteiger partial charge in [-0.2, -0.15) is 0 Å². The number of carbonyl (C=O) groups is 1. The molecular weight excluding hydrogens is 302 g/mol. The summed E-state index contributed by atoms with van der Waals surface area (Å²) in [6, 6.07) is 6.30. The van der Waals surface area contributed by atoms with E-state index in [0.717, 1.165) is 57.6 Å². The van der Waals surface area contributed by atoms with Gasteiger partial charge in [0, 0.05) is 37.9 Å². The number of nitrogens with one attached hydrogen (secondary N) is 1. The normalized spacial score (nSPS) is 35.7. The first-order chi connectivity index (χ1) is 11.6. The number of hydrogen-bond acceptors (Lipinski definition) is 4. The van der Waals surface area contributed by atoms with Crippen LogP contribution in [0, 0.1) is 11.8 Å². The number of carbonyl (C=O) groups excluding carboxylic acids is 1. The van der Waals surface area contributed by atoms with E-state index in [1.807, 2.05) is 24.4 Å². The van der Waals surface area contributed by atoms with Gasteiger partial charge in [-0.05, 0) is 50.2 Å². The minimum atomic E-state index is -0.157. The van der Waals surface area contributed by atoms with Crippen molar-refractivity contribution in [1.82, 2.24) is 9.88 Å². The molecule has 0 unspecified atom stereocenters. The third-order valence-corrected chi connectivity index (χ3v) is 5.86. The predicted octanol–water partition coefficient (Wildman–Crippen LogP) is 2.69. The molecule has 24 heavy (non-hydrogen) atoms. The summed E-state index contributed by atoms with van der Waals surface area (Å²) in [5.41, 5.74) is -0.157. The fourth-order valence-corrected chi connectivity index (χ4v) is 4.49. The Bertz CT molecular complexity index is 588. The van der Waals surface area contributed by atoms with Crippen molar-refractivity contribution >= 4 is 11.7 Å². The van der Waals surface area contributed by atoms with E-state index in [9.17, 15) is 4.79 Å². The topological polar surface area (TPSA) is 54.5 Å². The predicted molar refractivity (Wildman–Crippen MR) is 92.6 cm³/mol. The van der Waals surface area contributed by atoms with Crippen molar-refractivity contribution in [2.24, 2.45) is 11.8 Å². The molecule has 1 aromatic rings. The van der Waals surface area contributed by atoms with Gasteiger partial charge in [0.15, 0.2) is 0 Å². The molecule has 5 heteroatoms. The Morgan fingerprint density at radius 1 is 1.42 bits per heavy atom. The molecule has 0 aromatic carbocycles. The van der Waals surface area contributed by atoms with Gasteiger partial charge in [-0.1, -0.05) is 13.0 Å². The van der Waals surface area contributed by atoms with Crippen LogP contribution in [0.25, 0.3) is 0 Å². The highest BCUT2D eigenvalue weighted by atomic mass is 16.5. The van der Waals surface area contributed by atoms with E-state index >= 15 is 0 Å². The van der Waals surface area contributed by atoms with Gasteiger partial charge in [0.1, 0.15) is 5.82 Å². The maximum absolute atomic E-state index is 12.6. The zero-order chi connectivity index (χ0) is 16.6. The first-order valence-corrected chi connectivity index (χ1v) is 9.24. The van der Waals surface area contributed by atoms with E-state index in [1.54, 1.807) is 0 Å². The van der Waals surface area contributed by atoms with Crippen molar-refractivity contribution < 1.29 is 9.53 Å². The lowest BCUT2D eigenvalue weighted by atomic mass is 9.75. The lowest BCUT2D eigenvalue weighted by molar-refractivity contribution is -0.141. The Morgan fingerprint density at radius 2 is 2.29 bits per heavy atom. The Balaban J connectivity index is 1.36. The van der Waals surface area contributed by atoms with Gasteiger partial charge in [-0.15, -0.1) is 0 Å². The molecule has 5 nitrogen and oxygen atoms in total. The molecule has 0 radical (unpaired) electrons. The summed E-state index contributed by atoms with van der Waals surface area (Å²) >= 11 is 0. The van der Waals surface area contributed by atoms with Crippen LogP contribution >= 0.6 is 0 Å². The number of nitrogens with zero attached hydrogens (tertiary/aromatic N) is 2. The number of anilines is 1. The van der Waals surface area contributed by atoms with Gasteiger partial charge < -0.3 is 15.0 Å². The van der Waals surface area contributed by atoms with Crippen LogP contribution in [0.4, 0.5) is 5.82 Å². The lowest BCUT2D eigenvalue weighted by Gasteiger charge is -2.39.